The van der Waals surface area contributed by atoms with Gasteiger partial charge >= 0.3 is 6.18 Å². The fourth-order valence-corrected chi connectivity index (χ4v) is 4.40. The Morgan fingerprint density at radius 1 is 1.00 bits per heavy atom. The van der Waals surface area contributed by atoms with Crippen molar-refractivity contribution in [3.05, 3.63) is 77.9 Å². The maximum atomic E-state index is 13.9. The molecule has 0 bridgehead atoms. The zero-order chi connectivity index (χ0) is 27.7. The lowest BCUT2D eigenvalue weighted by molar-refractivity contribution is -0.142. The zero-order valence-corrected chi connectivity index (χ0v) is 21.2. The molecule has 0 fully saturated rings. The molecule has 0 saturated carbocycles. The Balaban J connectivity index is 1.51. The third-order valence-electron chi connectivity index (χ3n) is 6.50. The molecule has 0 atom stereocenters. The highest BCUT2D eigenvalue weighted by Gasteiger charge is 2.35. The molecule has 12 heteroatoms. The van der Waals surface area contributed by atoms with Crippen molar-refractivity contribution in [1.29, 1.82) is 0 Å². The van der Waals surface area contributed by atoms with E-state index in [1.54, 1.807) is 0 Å². The number of benzene rings is 2. The highest BCUT2D eigenvalue weighted by atomic mass is 19.4. The predicted octanol–water partition coefficient (Wildman–Crippen LogP) is 5.50. The smallest absolute Gasteiger partial charge is 0.309 e. The van der Waals surface area contributed by atoms with Gasteiger partial charge in [-0.15, -0.1) is 0 Å². The minimum atomic E-state index is -4.78. The Morgan fingerprint density at radius 2 is 1.72 bits per heavy atom. The van der Waals surface area contributed by atoms with Gasteiger partial charge in [0.15, 0.2) is 17.0 Å². The van der Waals surface area contributed by atoms with E-state index in [2.05, 4.69) is 39.1 Å². The first kappa shape index (κ1) is 26.3. The van der Waals surface area contributed by atoms with Crippen molar-refractivity contribution in [2.75, 3.05) is 25.0 Å². The van der Waals surface area contributed by atoms with E-state index in [9.17, 15) is 22.4 Å². The number of para-hydroxylation sites is 2. The summed E-state index contributed by atoms with van der Waals surface area (Å²) < 4.78 is 57.6. The Labute approximate surface area is 220 Å². The summed E-state index contributed by atoms with van der Waals surface area (Å²) >= 11 is 0. The summed E-state index contributed by atoms with van der Waals surface area (Å²) in [5, 5.41) is 6.64. The number of alkyl halides is 3. The molecule has 1 amide bonds. The molecule has 0 saturated heterocycles. The van der Waals surface area contributed by atoms with Crippen LogP contribution in [0.1, 0.15) is 30.0 Å². The molecule has 5 rings (SSSR count). The number of likely N-dealkylation sites (N-methyl/N-ethyl adjacent to an activating group) is 1. The number of fused-ring (bicyclic) bond motifs is 2. The van der Waals surface area contributed by atoms with Gasteiger partial charge in [-0.1, -0.05) is 26.0 Å². The number of rotatable bonds is 8. The van der Waals surface area contributed by atoms with Gasteiger partial charge in [-0.25, -0.2) is 18.9 Å². The summed E-state index contributed by atoms with van der Waals surface area (Å²) in [5.74, 6) is -0.986. The van der Waals surface area contributed by atoms with Crippen LogP contribution in [-0.4, -0.2) is 54.6 Å². The van der Waals surface area contributed by atoms with E-state index in [0.717, 1.165) is 43.4 Å². The number of nitrogens with zero attached hydrogens (tertiary/aromatic N) is 6. The van der Waals surface area contributed by atoms with Crippen LogP contribution in [0.3, 0.4) is 0 Å². The van der Waals surface area contributed by atoms with Crippen molar-refractivity contribution in [1.82, 2.24) is 29.0 Å². The molecule has 0 unspecified atom stereocenters. The molecule has 202 valence electrons. The zero-order valence-electron chi connectivity index (χ0n) is 21.2. The van der Waals surface area contributed by atoms with Crippen molar-refractivity contribution in [2.45, 2.75) is 26.6 Å². The summed E-state index contributed by atoms with van der Waals surface area (Å²) in [4.78, 5) is 24.2. The highest BCUT2D eigenvalue weighted by Crippen LogP contribution is 2.32. The minimum Gasteiger partial charge on any atom is -0.309 e. The molecule has 3 heterocycles. The fourth-order valence-electron chi connectivity index (χ4n) is 4.40. The molecule has 0 spiro atoms. The van der Waals surface area contributed by atoms with E-state index in [0.29, 0.717) is 22.1 Å². The molecule has 2 aromatic carbocycles. The van der Waals surface area contributed by atoms with Crippen LogP contribution in [0.15, 0.2) is 60.7 Å². The van der Waals surface area contributed by atoms with Gasteiger partial charge in [-0.2, -0.15) is 18.3 Å². The Bertz CT molecular complexity index is 1640. The SMILES string of the molecule is CCN(CC)CCn1c(NC(=O)c2cc3nc(-c4ccc(F)cc4)cc(C(F)(F)F)n3n2)nc2ccccc21. The monoisotopic (exact) mass is 539 g/mol. The van der Waals surface area contributed by atoms with Gasteiger partial charge in [0.05, 0.1) is 16.7 Å². The average Bonchev–Trinajstić information content (AvgIpc) is 3.50. The number of carbonyl (C=O) groups is 1. The van der Waals surface area contributed by atoms with Crippen LogP contribution in [-0.2, 0) is 12.7 Å². The molecular formula is C27H25F4N7O. The van der Waals surface area contributed by atoms with Crippen LogP contribution in [0.4, 0.5) is 23.5 Å². The Kier molecular flexibility index (Phi) is 7.04. The molecule has 0 aliphatic rings. The molecule has 1 N–H and O–H groups in total. The number of imidazole rings is 1. The second-order valence-corrected chi connectivity index (χ2v) is 8.89. The lowest BCUT2D eigenvalue weighted by Crippen LogP contribution is -2.27. The van der Waals surface area contributed by atoms with Gasteiger partial charge < -0.3 is 9.47 Å². The number of hydrogen-bond donors (Lipinski definition) is 1. The normalized spacial score (nSPS) is 12.1. The second kappa shape index (κ2) is 10.4. The second-order valence-electron chi connectivity index (χ2n) is 8.89. The molecule has 8 nitrogen and oxygen atoms in total. The summed E-state index contributed by atoms with van der Waals surface area (Å²) in [6.45, 7) is 7.11. The number of anilines is 1. The average molecular weight is 540 g/mol. The van der Waals surface area contributed by atoms with E-state index in [4.69, 9.17) is 0 Å². The van der Waals surface area contributed by atoms with Crippen molar-refractivity contribution >= 4 is 28.5 Å². The molecule has 3 aromatic heterocycles. The largest absolute Gasteiger partial charge is 0.433 e. The van der Waals surface area contributed by atoms with Crippen molar-refractivity contribution in [3.63, 3.8) is 0 Å². The van der Waals surface area contributed by atoms with Crippen LogP contribution in [0, 0.1) is 5.82 Å². The van der Waals surface area contributed by atoms with Crippen molar-refractivity contribution in [2.24, 2.45) is 0 Å². The number of nitrogens with one attached hydrogen (secondary N) is 1. The first-order valence-electron chi connectivity index (χ1n) is 12.4. The number of amides is 1. The number of aromatic nitrogens is 5. The molecule has 5 aromatic rings. The van der Waals surface area contributed by atoms with Crippen LogP contribution in [0.2, 0.25) is 0 Å². The van der Waals surface area contributed by atoms with Crippen LogP contribution >= 0.6 is 0 Å². The lowest BCUT2D eigenvalue weighted by Gasteiger charge is -2.19. The molecular weight excluding hydrogens is 514 g/mol. The first-order chi connectivity index (χ1) is 18.7. The van der Waals surface area contributed by atoms with Gasteiger partial charge in [0, 0.05) is 24.7 Å². The lowest BCUT2D eigenvalue weighted by atomic mass is 10.1. The molecule has 0 aliphatic heterocycles. The van der Waals surface area contributed by atoms with E-state index < -0.39 is 23.6 Å². The van der Waals surface area contributed by atoms with E-state index in [1.807, 2.05) is 28.8 Å². The molecule has 0 radical (unpaired) electrons. The van der Waals surface area contributed by atoms with E-state index >= 15 is 0 Å². The van der Waals surface area contributed by atoms with E-state index in [-0.39, 0.29) is 23.0 Å². The first-order valence-corrected chi connectivity index (χ1v) is 12.4. The quantitative estimate of drug-likeness (QED) is 0.264. The molecule has 0 aliphatic carbocycles. The standard InChI is InChI=1S/C27H25F4N7O/c1-3-36(4-2)13-14-37-22-8-6-5-7-19(22)33-26(37)34-25(39)21-16-24-32-20(17-9-11-18(28)12-10-17)15-23(27(29,30)31)38(24)35-21/h5-12,15-16H,3-4,13-14H2,1-2H3,(H,33,34,39). The van der Waals surface area contributed by atoms with Gasteiger partial charge in [-0.05, 0) is 55.6 Å². The number of halogens is 4. The maximum Gasteiger partial charge on any atom is 0.433 e. The molecule has 39 heavy (non-hydrogen) atoms. The third kappa shape index (κ3) is 5.32. The van der Waals surface area contributed by atoms with Gasteiger partial charge in [0.1, 0.15) is 5.82 Å². The Hall–Kier alpha value is -4.32. The van der Waals surface area contributed by atoms with Gasteiger partial charge in [0.25, 0.3) is 5.91 Å². The Morgan fingerprint density at radius 3 is 2.41 bits per heavy atom. The van der Waals surface area contributed by atoms with Crippen LogP contribution in [0.25, 0.3) is 27.9 Å². The minimum absolute atomic E-state index is 0.0279. The van der Waals surface area contributed by atoms with E-state index in [1.165, 1.54) is 18.2 Å². The van der Waals surface area contributed by atoms with Gasteiger partial charge in [0.2, 0.25) is 5.95 Å². The van der Waals surface area contributed by atoms with Crippen LogP contribution < -0.4 is 5.32 Å². The maximum absolute atomic E-state index is 13.9. The summed E-state index contributed by atoms with van der Waals surface area (Å²) in [7, 11) is 0. The van der Waals surface area contributed by atoms with Crippen molar-refractivity contribution < 1.29 is 22.4 Å². The summed E-state index contributed by atoms with van der Waals surface area (Å²) in [6, 6.07) is 14.4. The highest BCUT2D eigenvalue weighted by molar-refractivity contribution is 6.03. The third-order valence-corrected chi connectivity index (χ3v) is 6.50. The summed E-state index contributed by atoms with van der Waals surface area (Å²) in [5.41, 5.74) is 0.207. The predicted molar refractivity (Wildman–Crippen MR) is 139 cm³/mol. The fraction of sp³-hybridized carbons (Fsp3) is 0.259. The van der Waals surface area contributed by atoms with Crippen LogP contribution in [0.5, 0.6) is 0 Å². The van der Waals surface area contributed by atoms with Gasteiger partial charge in [-0.3, -0.25) is 10.1 Å². The number of carbonyl (C=O) groups excluding carboxylic acids is 1. The van der Waals surface area contributed by atoms with Crippen molar-refractivity contribution in [3.8, 4) is 11.3 Å². The summed E-state index contributed by atoms with van der Waals surface area (Å²) in [6.07, 6.45) is -4.78. The number of hydrogen-bond acceptors (Lipinski definition) is 5. The topological polar surface area (TPSA) is 80.3 Å².